The minimum Gasteiger partial charge on any atom is -0.377 e. The minimum absolute atomic E-state index is 0.116. The van der Waals surface area contributed by atoms with E-state index in [0.29, 0.717) is 19.8 Å². The van der Waals surface area contributed by atoms with E-state index in [9.17, 15) is 9.59 Å². The molecule has 0 bridgehead atoms. The number of pyridine rings is 1. The Morgan fingerprint density at radius 2 is 1.90 bits per heavy atom. The molecule has 1 aromatic carbocycles. The van der Waals surface area contributed by atoms with Crippen LogP contribution in [0.2, 0.25) is 0 Å². The molecule has 2 N–H and O–H groups in total. The van der Waals surface area contributed by atoms with Crippen molar-refractivity contribution in [3.8, 4) is 0 Å². The number of benzene rings is 1. The van der Waals surface area contributed by atoms with Crippen molar-refractivity contribution in [1.82, 2.24) is 10.3 Å². The number of carbonyl (C=O) groups is 1. The van der Waals surface area contributed by atoms with Gasteiger partial charge in [-0.05, 0) is 30.2 Å². The van der Waals surface area contributed by atoms with Crippen molar-refractivity contribution in [2.75, 3.05) is 6.61 Å². The van der Waals surface area contributed by atoms with Gasteiger partial charge in [0.15, 0.2) is 0 Å². The van der Waals surface area contributed by atoms with Crippen LogP contribution >= 0.6 is 0 Å². The first kappa shape index (κ1) is 15.0. The number of aromatic nitrogens is 1. The molecule has 110 valence electrons. The Bertz CT molecular complexity index is 647. The van der Waals surface area contributed by atoms with Crippen molar-refractivity contribution in [3.63, 3.8) is 0 Å². The van der Waals surface area contributed by atoms with Crippen LogP contribution in [0.15, 0.2) is 47.4 Å². The van der Waals surface area contributed by atoms with Gasteiger partial charge in [0.2, 0.25) is 0 Å². The normalized spacial score (nSPS) is 10.3. The molecule has 1 aromatic heterocycles. The van der Waals surface area contributed by atoms with Gasteiger partial charge >= 0.3 is 0 Å². The smallest absolute Gasteiger partial charge is 0.260 e. The first-order valence-corrected chi connectivity index (χ1v) is 6.82. The van der Waals surface area contributed by atoms with E-state index in [1.165, 1.54) is 12.3 Å². The highest BCUT2D eigenvalue weighted by atomic mass is 16.5. The molecule has 5 heteroatoms. The highest BCUT2D eigenvalue weighted by molar-refractivity contribution is 5.93. The van der Waals surface area contributed by atoms with E-state index >= 15 is 0 Å². The maximum atomic E-state index is 11.9. The van der Waals surface area contributed by atoms with Gasteiger partial charge in [0.1, 0.15) is 5.56 Å². The average molecular weight is 286 g/mol. The second kappa shape index (κ2) is 7.40. The van der Waals surface area contributed by atoms with Crippen molar-refractivity contribution in [2.45, 2.75) is 20.1 Å². The molecular weight excluding hydrogens is 268 g/mol. The van der Waals surface area contributed by atoms with Gasteiger partial charge in [0, 0.05) is 19.3 Å². The summed E-state index contributed by atoms with van der Waals surface area (Å²) in [5.41, 5.74) is 1.79. The van der Waals surface area contributed by atoms with Crippen molar-refractivity contribution in [1.29, 1.82) is 0 Å². The van der Waals surface area contributed by atoms with Gasteiger partial charge in [-0.3, -0.25) is 9.59 Å². The molecule has 0 atom stereocenters. The monoisotopic (exact) mass is 286 g/mol. The molecule has 0 fully saturated rings. The zero-order valence-corrected chi connectivity index (χ0v) is 11.9. The second-order valence-electron chi connectivity index (χ2n) is 4.55. The number of H-pyrrole nitrogens is 1. The molecular formula is C16H18N2O3. The molecule has 5 nitrogen and oxygen atoms in total. The molecule has 2 aromatic rings. The quantitative estimate of drug-likeness (QED) is 0.851. The standard InChI is InChI=1S/C16H18N2O3/c1-2-21-11-13-7-5-12(6-8-13)10-18-16(20)14-4-3-9-17-15(14)19/h3-9H,2,10-11H2,1H3,(H,17,19)(H,18,20). The van der Waals surface area contributed by atoms with Gasteiger partial charge in [-0.1, -0.05) is 24.3 Å². The van der Waals surface area contributed by atoms with E-state index < -0.39 is 0 Å². The number of nitrogens with one attached hydrogen (secondary N) is 2. The van der Waals surface area contributed by atoms with E-state index in [-0.39, 0.29) is 17.0 Å². The fourth-order valence-electron chi connectivity index (χ4n) is 1.85. The molecule has 1 heterocycles. The van der Waals surface area contributed by atoms with E-state index in [4.69, 9.17) is 4.74 Å². The molecule has 0 aliphatic carbocycles. The molecule has 0 saturated heterocycles. The van der Waals surface area contributed by atoms with Crippen molar-refractivity contribution in [3.05, 3.63) is 69.6 Å². The summed E-state index contributed by atoms with van der Waals surface area (Å²) in [6.45, 7) is 3.60. The SMILES string of the molecule is CCOCc1ccc(CNC(=O)c2ccc[nH]c2=O)cc1. The van der Waals surface area contributed by atoms with Crippen LogP contribution in [0.1, 0.15) is 28.4 Å². The van der Waals surface area contributed by atoms with Crippen LogP contribution in [0, 0.1) is 0 Å². The Morgan fingerprint density at radius 3 is 2.57 bits per heavy atom. The summed E-state index contributed by atoms with van der Waals surface area (Å²) in [4.78, 5) is 25.9. The van der Waals surface area contributed by atoms with Crippen LogP contribution in [0.4, 0.5) is 0 Å². The highest BCUT2D eigenvalue weighted by Crippen LogP contribution is 2.06. The Kier molecular flexibility index (Phi) is 5.29. The van der Waals surface area contributed by atoms with Crippen LogP contribution in [-0.2, 0) is 17.9 Å². The third kappa shape index (κ3) is 4.29. The summed E-state index contributed by atoms with van der Waals surface area (Å²) in [6, 6.07) is 10.9. The number of aromatic amines is 1. The number of ether oxygens (including phenoxy) is 1. The zero-order valence-electron chi connectivity index (χ0n) is 11.9. The van der Waals surface area contributed by atoms with Gasteiger partial charge in [0.25, 0.3) is 11.5 Å². The fourth-order valence-corrected chi connectivity index (χ4v) is 1.85. The van der Waals surface area contributed by atoms with Gasteiger partial charge in [-0.25, -0.2) is 0 Å². The fraction of sp³-hybridized carbons (Fsp3) is 0.250. The molecule has 2 rings (SSSR count). The van der Waals surface area contributed by atoms with E-state index in [1.807, 2.05) is 31.2 Å². The number of rotatable bonds is 6. The van der Waals surface area contributed by atoms with Crippen LogP contribution in [0.5, 0.6) is 0 Å². The van der Waals surface area contributed by atoms with Crippen LogP contribution in [-0.4, -0.2) is 17.5 Å². The summed E-state index contributed by atoms with van der Waals surface area (Å²) < 4.78 is 5.32. The zero-order chi connectivity index (χ0) is 15.1. The van der Waals surface area contributed by atoms with E-state index in [2.05, 4.69) is 10.3 Å². The molecule has 21 heavy (non-hydrogen) atoms. The number of carbonyl (C=O) groups excluding carboxylic acids is 1. The lowest BCUT2D eigenvalue weighted by Crippen LogP contribution is -2.28. The lowest BCUT2D eigenvalue weighted by atomic mass is 10.1. The van der Waals surface area contributed by atoms with E-state index in [1.54, 1.807) is 6.07 Å². The average Bonchev–Trinajstić information content (AvgIpc) is 2.52. The molecule has 0 radical (unpaired) electrons. The maximum Gasteiger partial charge on any atom is 0.260 e. The predicted octanol–water partition coefficient (Wildman–Crippen LogP) is 1.84. The van der Waals surface area contributed by atoms with Gasteiger partial charge < -0.3 is 15.0 Å². The van der Waals surface area contributed by atoms with Gasteiger partial charge in [0.05, 0.1) is 6.61 Å². The van der Waals surface area contributed by atoms with E-state index in [0.717, 1.165) is 11.1 Å². The third-order valence-corrected chi connectivity index (χ3v) is 3.01. The van der Waals surface area contributed by atoms with Crippen LogP contribution in [0.3, 0.4) is 0 Å². The van der Waals surface area contributed by atoms with Gasteiger partial charge in [-0.2, -0.15) is 0 Å². The molecule has 0 spiro atoms. The summed E-state index contributed by atoms with van der Waals surface area (Å²) in [5.74, 6) is -0.379. The molecule has 0 saturated carbocycles. The summed E-state index contributed by atoms with van der Waals surface area (Å²) in [6.07, 6.45) is 1.50. The second-order valence-corrected chi connectivity index (χ2v) is 4.55. The van der Waals surface area contributed by atoms with Gasteiger partial charge in [-0.15, -0.1) is 0 Å². The maximum absolute atomic E-state index is 11.9. The number of hydrogen-bond acceptors (Lipinski definition) is 3. The Balaban J connectivity index is 1.92. The van der Waals surface area contributed by atoms with Crippen molar-refractivity contribution >= 4 is 5.91 Å². The summed E-state index contributed by atoms with van der Waals surface area (Å²) in [5, 5.41) is 2.73. The number of hydrogen-bond donors (Lipinski definition) is 2. The Hall–Kier alpha value is -2.40. The molecule has 0 unspecified atom stereocenters. The van der Waals surface area contributed by atoms with Crippen molar-refractivity contribution < 1.29 is 9.53 Å². The summed E-state index contributed by atoms with van der Waals surface area (Å²) in [7, 11) is 0. The largest absolute Gasteiger partial charge is 0.377 e. The third-order valence-electron chi connectivity index (χ3n) is 3.01. The highest BCUT2D eigenvalue weighted by Gasteiger charge is 2.08. The molecule has 1 amide bonds. The van der Waals surface area contributed by atoms with Crippen LogP contribution in [0.25, 0.3) is 0 Å². The Morgan fingerprint density at radius 1 is 1.19 bits per heavy atom. The topological polar surface area (TPSA) is 71.2 Å². The Labute approximate surface area is 123 Å². The lowest BCUT2D eigenvalue weighted by molar-refractivity contribution is 0.0949. The minimum atomic E-state index is -0.387. The first-order chi connectivity index (χ1) is 10.2. The summed E-state index contributed by atoms with van der Waals surface area (Å²) >= 11 is 0. The lowest BCUT2D eigenvalue weighted by Gasteiger charge is -2.06. The van der Waals surface area contributed by atoms with Crippen LogP contribution < -0.4 is 10.9 Å². The molecule has 0 aliphatic heterocycles. The van der Waals surface area contributed by atoms with Crippen molar-refractivity contribution in [2.24, 2.45) is 0 Å². The predicted molar refractivity (Wildman–Crippen MR) is 80.0 cm³/mol. The number of amides is 1. The molecule has 0 aliphatic rings. The first-order valence-electron chi connectivity index (χ1n) is 6.82.